The van der Waals surface area contributed by atoms with E-state index in [1.54, 1.807) is 0 Å². The SMILES string of the molecule is Clc1ccccc1NC1CC2CC=CC21. The standard InChI is InChI=1S/C13H14ClN/c14-11-6-1-2-7-12(11)15-13-8-9-4-3-5-10(9)13/h1-3,5-7,9-10,13,15H,4,8H2. The van der Waals surface area contributed by atoms with Crippen LogP contribution in [-0.4, -0.2) is 6.04 Å². The van der Waals surface area contributed by atoms with Gasteiger partial charge in [0, 0.05) is 12.0 Å². The van der Waals surface area contributed by atoms with Crippen LogP contribution in [0.25, 0.3) is 0 Å². The largest absolute Gasteiger partial charge is 0.380 e. The molecule has 0 radical (unpaired) electrons. The molecule has 2 aliphatic rings. The molecule has 3 rings (SSSR count). The minimum Gasteiger partial charge on any atom is -0.380 e. The molecule has 1 saturated carbocycles. The third-order valence-corrected chi connectivity index (χ3v) is 3.91. The molecule has 3 atom stereocenters. The van der Waals surface area contributed by atoms with E-state index >= 15 is 0 Å². The fourth-order valence-electron chi connectivity index (χ4n) is 2.66. The first-order chi connectivity index (χ1) is 7.34. The van der Waals surface area contributed by atoms with Crippen molar-refractivity contribution in [2.45, 2.75) is 18.9 Å². The van der Waals surface area contributed by atoms with E-state index in [4.69, 9.17) is 11.6 Å². The summed E-state index contributed by atoms with van der Waals surface area (Å²) < 4.78 is 0. The summed E-state index contributed by atoms with van der Waals surface area (Å²) in [4.78, 5) is 0. The van der Waals surface area contributed by atoms with Crippen LogP contribution in [0.4, 0.5) is 5.69 Å². The van der Waals surface area contributed by atoms with Crippen molar-refractivity contribution >= 4 is 17.3 Å². The zero-order valence-electron chi connectivity index (χ0n) is 8.49. The highest BCUT2D eigenvalue weighted by molar-refractivity contribution is 6.33. The Morgan fingerprint density at radius 3 is 2.93 bits per heavy atom. The second-order valence-electron chi connectivity index (χ2n) is 4.47. The molecule has 0 aromatic heterocycles. The fraction of sp³-hybridized carbons (Fsp3) is 0.385. The average molecular weight is 220 g/mol. The minimum atomic E-state index is 0.591. The molecular formula is C13H14ClN. The van der Waals surface area contributed by atoms with E-state index in [-0.39, 0.29) is 0 Å². The highest BCUT2D eigenvalue weighted by atomic mass is 35.5. The quantitative estimate of drug-likeness (QED) is 0.748. The fourth-order valence-corrected chi connectivity index (χ4v) is 2.85. The first-order valence-electron chi connectivity index (χ1n) is 5.52. The van der Waals surface area contributed by atoms with Gasteiger partial charge in [-0.1, -0.05) is 35.9 Å². The van der Waals surface area contributed by atoms with Crippen LogP contribution < -0.4 is 5.32 Å². The minimum absolute atomic E-state index is 0.591. The molecule has 0 bridgehead atoms. The van der Waals surface area contributed by atoms with Crippen LogP contribution in [0.2, 0.25) is 5.02 Å². The molecule has 3 unspecified atom stereocenters. The number of anilines is 1. The van der Waals surface area contributed by atoms with Crippen molar-refractivity contribution in [3.8, 4) is 0 Å². The smallest absolute Gasteiger partial charge is 0.0637 e. The first-order valence-corrected chi connectivity index (χ1v) is 5.90. The molecule has 1 aromatic rings. The van der Waals surface area contributed by atoms with Crippen molar-refractivity contribution in [3.05, 3.63) is 41.4 Å². The third-order valence-electron chi connectivity index (χ3n) is 3.58. The second kappa shape index (κ2) is 3.57. The Hall–Kier alpha value is -0.950. The van der Waals surface area contributed by atoms with Crippen molar-refractivity contribution in [2.24, 2.45) is 11.8 Å². The van der Waals surface area contributed by atoms with Crippen molar-refractivity contribution in [1.82, 2.24) is 0 Å². The van der Waals surface area contributed by atoms with Gasteiger partial charge in [-0.25, -0.2) is 0 Å². The number of halogens is 1. The Morgan fingerprint density at radius 1 is 1.27 bits per heavy atom. The van der Waals surface area contributed by atoms with Gasteiger partial charge in [0.2, 0.25) is 0 Å². The predicted molar refractivity (Wildman–Crippen MR) is 64.2 cm³/mol. The van der Waals surface area contributed by atoms with Gasteiger partial charge in [0.15, 0.2) is 0 Å². The lowest BCUT2D eigenvalue weighted by Gasteiger charge is -2.41. The van der Waals surface area contributed by atoms with Crippen LogP contribution in [-0.2, 0) is 0 Å². The van der Waals surface area contributed by atoms with Crippen molar-refractivity contribution < 1.29 is 0 Å². The monoisotopic (exact) mass is 219 g/mol. The lowest BCUT2D eigenvalue weighted by Crippen LogP contribution is -2.43. The van der Waals surface area contributed by atoms with Crippen LogP contribution in [0, 0.1) is 11.8 Å². The molecule has 0 amide bonds. The molecule has 0 spiro atoms. The lowest BCUT2D eigenvalue weighted by molar-refractivity contribution is 0.218. The van der Waals surface area contributed by atoms with Gasteiger partial charge in [-0.2, -0.15) is 0 Å². The van der Waals surface area contributed by atoms with Gasteiger partial charge in [0.1, 0.15) is 0 Å². The van der Waals surface area contributed by atoms with Gasteiger partial charge in [-0.05, 0) is 30.9 Å². The molecule has 0 saturated heterocycles. The van der Waals surface area contributed by atoms with E-state index in [1.165, 1.54) is 12.8 Å². The van der Waals surface area contributed by atoms with E-state index in [0.29, 0.717) is 6.04 Å². The Labute approximate surface area is 95.1 Å². The number of fused-ring (bicyclic) bond motifs is 1. The van der Waals surface area contributed by atoms with Crippen LogP contribution in [0.15, 0.2) is 36.4 Å². The number of hydrogen-bond acceptors (Lipinski definition) is 1. The lowest BCUT2D eigenvalue weighted by atomic mass is 9.71. The van der Waals surface area contributed by atoms with Gasteiger partial charge < -0.3 is 5.32 Å². The maximum absolute atomic E-state index is 6.11. The summed E-state index contributed by atoms with van der Waals surface area (Å²) >= 11 is 6.11. The predicted octanol–water partition coefficient (Wildman–Crippen LogP) is 3.72. The Balaban J connectivity index is 1.72. The number of allylic oxidation sites excluding steroid dienone is 1. The molecule has 2 aliphatic carbocycles. The molecule has 1 nitrogen and oxygen atoms in total. The molecular weight excluding hydrogens is 206 g/mol. The topological polar surface area (TPSA) is 12.0 Å². The number of para-hydroxylation sites is 1. The summed E-state index contributed by atoms with van der Waals surface area (Å²) in [5.41, 5.74) is 1.07. The average Bonchev–Trinajstić information content (AvgIpc) is 2.59. The molecule has 2 heteroatoms. The van der Waals surface area contributed by atoms with Crippen molar-refractivity contribution in [2.75, 3.05) is 5.32 Å². The van der Waals surface area contributed by atoms with E-state index < -0.39 is 0 Å². The second-order valence-corrected chi connectivity index (χ2v) is 4.87. The van der Waals surface area contributed by atoms with Gasteiger partial charge in [0.05, 0.1) is 10.7 Å². The van der Waals surface area contributed by atoms with Gasteiger partial charge in [0.25, 0.3) is 0 Å². The van der Waals surface area contributed by atoms with E-state index in [1.807, 2.05) is 24.3 Å². The summed E-state index contributed by atoms with van der Waals surface area (Å²) in [6.45, 7) is 0. The molecule has 0 aliphatic heterocycles. The molecule has 0 heterocycles. The molecule has 78 valence electrons. The number of nitrogens with one attached hydrogen (secondary N) is 1. The number of hydrogen-bond donors (Lipinski definition) is 1. The maximum atomic E-state index is 6.11. The Bertz CT molecular complexity index is 399. The normalized spacial score (nSPS) is 32.2. The highest BCUT2D eigenvalue weighted by Crippen LogP contribution is 2.44. The Kier molecular flexibility index (Phi) is 2.21. The van der Waals surface area contributed by atoms with Gasteiger partial charge >= 0.3 is 0 Å². The maximum Gasteiger partial charge on any atom is 0.0637 e. The molecule has 1 aromatic carbocycles. The first kappa shape index (κ1) is 9.29. The van der Waals surface area contributed by atoms with Crippen LogP contribution in [0.3, 0.4) is 0 Å². The summed E-state index contributed by atoms with van der Waals surface area (Å²) in [5, 5.41) is 4.36. The van der Waals surface area contributed by atoms with Crippen LogP contribution >= 0.6 is 11.6 Å². The van der Waals surface area contributed by atoms with Crippen molar-refractivity contribution in [1.29, 1.82) is 0 Å². The number of rotatable bonds is 2. The molecule has 1 N–H and O–H groups in total. The zero-order valence-corrected chi connectivity index (χ0v) is 9.24. The Morgan fingerprint density at radius 2 is 2.13 bits per heavy atom. The van der Waals surface area contributed by atoms with Crippen LogP contribution in [0.5, 0.6) is 0 Å². The summed E-state index contributed by atoms with van der Waals surface area (Å²) in [6, 6.07) is 8.56. The van der Waals surface area contributed by atoms with Gasteiger partial charge in [-0.3, -0.25) is 0 Å². The summed E-state index contributed by atoms with van der Waals surface area (Å²) in [6.07, 6.45) is 7.21. The van der Waals surface area contributed by atoms with E-state index in [0.717, 1.165) is 22.5 Å². The molecule has 1 fully saturated rings. The summed E-state index contributed by atoms with van der Waals surface area (Å²) in [5.74, 6) is 1.63. The summed E-state index contributed by atoms with van der Waals surface area (Å²) in [7, 11) is 0. The molecule has 15 heavy (non-hydrogen) atoms. The number of benzene rings is 1. The van der Waals surface area contributed by atoms with Crippen molar-refractivity contribution in [3.63, 3.8) is 0 Å². The van der Waals surface area contributed by atoms with Gasteiger partial charge in [-0.15, -0.1) is 0 Å². The third kappa shape index (κ3) is 1.55. The highest BCUT2D eigenvalue weighted by Gasteiger charge is 2.40. The zero-order chi connectivity index (χ0) is 10.3. The van der Waals surface area contributed by atoms with E-state index in [2.05, 4.69) is 17.5 Å². The van der Waals surface area contributed by atoms with Crippen LogP contribution in [0.1, 0.15) is 12.8 Å². The van der Waals surface area contributed by atoms with E-state index in [9.17, 15) is 0 Å².